The Morgan fingerprint density at radius 2 is 1.97 bits per heavy atom. The van der Waals surface area contributed by atoms with Gasteiger partial charge in [0.1, 0.15) is 5.82 Å². The van der Waals surface area contributed by atoms with Crippen molar-refractivity contribution in [1.82, 2.24) is 25.0 Å². The van der Waals surface area contributed by atoms with Crippen molar-refractivity contribution in [2.45, 2.75) is 17.8 Å². The van der Waals surface area contributed by atoms with Gasteiger partial charge < -0.3 is 14.6 Å². The van der Waals surface area contributed by atoms with Gasteiger partial charge in [-0.2, -0.15) is 13.2 Å². The van der Waals surface area contributed by atoms with Crippen LogP contribution in [0.25, 0.3) is 0 Å². The van der Waals surface area contributed by atoms with Crippen molar-refractivity contribution >= 4 is 17.7 Å². The van der Waals surface area contributed by atoms with Gasteiger partial charge in [0.15, 0.2) is 5.16 Å². The van der Waals surface area contributed by atoms with Crippen LogP contribution in [0.3, 0.4) is 0 Å². The maximum absolute atomic E-state index is 13.1. The van der Waals surface area contributed by atoms with E-state index in [1.54, 1.807) is 11.8 Å². The number of ether oxygens (including phenoxy) is 1. The third-order valence-corrected chi connectivity index (χ3v) is 5.78. The molecule has 1 aliphatic heterocycles. The molecule has 1 N–H and O–H groups in total. The van der Waals surface area contributed by atoms with Crippen molar-refractivity contribution in [3.05, 3.63) is 41.2 Å². The summed E-state index contributed by atoms with van der Waals surface area (Å²) in [5.74, 6) is 0.773. The number of benzene rings is 1. The fourth-order valence-electron chi connectivity index (χ4n) is 3.09. The molecule has 0 atom stereocenters. The average molecular weight is 443 g/mol. The second-order valence-electron chi connectivity index (χ2n) is 6.81. The predicted molar refractivity (Wildman–Crippen MR) is 106 cm³/mol. The molecule has 0 aliphatic carbocycles. The van der Waals surface area contributed by atoms with E-state index in [4.69, 9.17) is 4.74 Å². The van der Waals surface area contributed by atoms with Crippen LogP contribution in [0.15, 0.2) is 29.4 Å². The molecule has 1 fully saturated rings. The Morgan fingerprint density at radius 1 is 1.23 bits per heavy atom. The van der Waals surface area contributed by atoms with Gasteiger partial charge in [-0.1, -0.05) is 23.9 Å². The molecule has 3 rings (SSSR count). The molecule has 0 bridgehead atoms. The van der Waals surface area contributed by atoms with Crippen LogP contribution in [0.4, 0.5) is 13.2 Å². The maximum Gasteiger partial charge on any atom is 0.417 e. The van der Waals surface area contributed by atoms with Gasteiger partial charge in [-0.15, -0.1) is 10.2 Å². The summed E-state index contributed by atoms with van der Waals surface area (Å²) in [6.45, 7) is 4.49. The Balaban J connectivity index is 1.48. The van der Waals surface area contributed by atoms with E-state index in [0.29, 0.717) is 12.2 Å². The first-order valence-electron chi connectivity index (χ1n) is 9.62. The third-order valence-electron chi connectivity index (χ3n) is 4.78. The number of aromatic nitrogens is 3. The number of amides is 1. The molecule has 1 aromatic carbocycles. The minimum absolute atomic E-state index is 0.162. The zero-order valence-electron chi connectivity index (χ0n) is 16.6. The van der Waals surface area contributed by atoms with Gasteiger partial charge in [0.25, 0.3) is 5.91 Å². The van der Waals surface area contributed by atoms with Crippen LogP contribution in [0.2, 0.25) is 0 Å². The second kappa shape index (κ2) is 10.3. The molecule has 0 unspecified atom stereocenters. The number of morpholine rings is 1. The Morgan fingerprint density at radius 3 is 2.70 bits per heavy atom. The second-order valence-corrected chi connectivity index (χ2v) is 7.87. The largest absolute Gasteiger partial charge is 0.417 e. The number of carbonyl (C=O) groups is 1. The lowest BCUT2D eigenvalue weighted by molar-refractivity contribution is -0.137. The Labute approximate surface area is 177 Å². The van der Waals surface area contributed by atoms with Gasteiger partial charge in [-0.3, -0.25) is 9.69 Å². The lowest BCUT2D eigenvalue weighted by Gasteiger charge is -2.26. The highest BCUT2D eigenvalue weighted by molar-refractivity contribution is 7.99. The maximum atomic E-state index is 13.1. The van der Waals surface area contributed by atoms with Crippen molar-refractivity contribution in [2.75, 3.05) is 45.1 Å². The van der Waals surface area contributed by atoms with Gasteiger partial charge in [-0.05, 0) is 12.1 Å². The summed E-state index contributed by atoms with van der Waals surface area (Å²) in [6, 6.07) is 4.74. The minimum Gasteiger partial charge on any atom is -0.379 e. The smallest absolute Gasteiger partial charge is 0.379 e. The van der Waals surface area contributed by atoms with E-state index < -0.39 is 17.6 Å². The van der Waals surface area contributed by atoms with Crippen molar-refractivity contribution < 1.29 is 22.7 Å². The standard InChI is InChI=1S/C19H24F3N5O2S/c1-26-16(24-25-18(26)30-13-10-27-8-11-29-12-9-27)6-7-23-17(28)14-4-2-3-5-15(14)19(20,21)22/h2-5H,6-13H2,1H3,(H,23,28). The highest BCUT2D eigenvalue weighted by Crippen LogP contribution is 2.31. The molecular weight excluding hydrogens is 419 g/mol. The first kappa shape index (κ1) is 22.6. The molecule has 164 valence electrons. The van der Waals surface area contributed by atoms with Crippen LogP contribution in [-0.2, 0) is 24.4 Å². The van der Waals surface area contributed by atoms with E-state index >= 15 is 0 Å². The van der Waals surface area contributed by atoms with Crippen molar-refractivity contribution in [1.29, 1.82) is 0 Å². The molecule has 0 radical (unpaired) electrons. The molecule has 11 heteroatoms. The van der Waals surface area contributed by atoms with E-state index in [2.05, 4.69) is 20.4 Å². The van der Waals surface area contributed by atoms with Gasteiger partial charge in [0.05, 0.1) is 24.3 Å². The van der Waals surface area contributed by atoms with Crippen LogP contribution in [0.5, 0.6) is 0 Å². The molecule has 7 nitrogen and oxygen atoms in total. The van der Waals surface area contributed by atoms with Crippen molar-refractivity contribution in [3.8, 4) is 0 Å². The Bertz CT molecular complexity index is 853. The normalized spacial score (nSPS) is 15.3. The van der Waals surface area contributed by atoms with E-state index in [0.717, 1.165) is 49.8 Å². The summed E-state index contributed by atoms with van der Waals surface area (Å²) in [5, 5.41) is 11.6. The molecule has 1 aromatic heterocycles. The third kappa shape index (κ3) is 5.96. The summed E-state index contributed by atoms with van der Waals surface area (Å²) in [6.07, 6.45) is -4.21. The number of hydrogen-bond acceptors (Lipinski definition) is 6. The van der Waals surface area contributed by atoms with Crippen molar-refractivity contribution in [2.24, 2.45) is 7.05 Å². The number of nitrogens with zero attached hydrogens (tertiary/aromatic N) is 4. The van der Waals surface area contributed by atoms with E-state index in [1.807, 2.05) is 11.6 Å². The van der Waals surface area contributed by atoms with Gasteiger partial charge in [0.2, 0.25) is 0 Å². The van der Waals surface area contributed by atoms with Crippen LogP contribution < -0.4 is 5.32 Å². The van der Waals surface area contributed by atoms with E-state index in [9.17, 15) is 18.0 Å². The molecule has 0 spiro atoms. The average Bonchev–Trinajstić information content (AvgIpc) is 3.08. The molecular formula is C19H24F3N5O2S. The predicted octanol–water partition coefficient (Wildman–Crippen LogP) is 2.23. The summed E-state index contributed by atoms with van der Waals surface area (Å²) >= 11 is 1.60. The SMILES string of the molecule is Cn1c(CCNC(=O)c2ccccc2C(F)(F)F)nnc1SCCN1CCOCC1. The van der Waals surface area contributed by atoms with Gasteiger partial charge in [-0.25, -0.2) is 0 Å². The van der Waals surface area contributed by atoms with Gasteiger partial charge in [0, 0.05) is 45.4 Å². The summed E-state index contributed by atoms with van der Waals surface area (Å²) < 4.78 is 46.4. The number of rotatable bonds is 8. The van der Waals surface area contributed by atoms with Crippen molar-refractivity contribution in [3.63, 3.8) is 0 Å². The number of halogens is 3. The molecule has 30 heavy (non-hydrogen) atoms. The lowest BCUT2D eigenvalue weighted by atomic mass is 10.1. The molecule has 1 amide bonds. The quantitative estimate of drug-likeness (QED) is 0.631. The monoisotopic (exact) mass is 443 g/mol. The lowest BCUT2D eigenvalue weighted by Crippen LogP contribution is -2.37. The van der Waals surface area contributed by atoms with Crippen LogP contribution >= 0.6 is 11.8 Å². The zero-order valence-corrected chi connectivity index (χ0v) is 17.4. The Kier molecular flexibility index (Phi) is 7.73. The molecule has 1 saturated heterocycles. The highest BCUT2D eigenvalue weighted by atomic mass is 32.2. The number of nitrogens with one attached hydrogen (secondary N) is 1. The molecule has 2 heterocycles. The topological polar surface area (TPSA) is 72.3 Å². The van der Waals surface area contributed by atoms with E-state index in [-0.39, 0.29) is 12.1 Å². The Hall–Kier alpha value is -2.11. The van der Waals surface area contributed by atoms with Crippen LogP contribution in [0, 0.1) is 0 Å². The number of alkyl halides is 3. The van der Waals surface area contributed by atoms with E-state index in [1.165, 1.54) is 18.2 Å². The summed E-state index contributed by atoms with van der Waals surface area (Å²) in [5.41, 5.74) is -1.33. The first-order chi connectivity index (χ1) is 14.4. The highest BCUT2D eigenvalue weighted by Gasteiger charge is 2.34. The summed E-state index contributed by atoms with van der Waals surface area (Å²) in [7, 11) is 1.84. The van der Waals surface area contributed by atoms with Crippen LogP contribution in [0.1, 0.15) is 21.7 Å². The summed E-state index contributed by atoms with van der Waals surface area (Å²) in [4.78, 5) is 14.5. The zero-order chi connectivity index (χ0) is 21.6. The van der Waals surface area contributed by atoms with Gasteiger partial charge >= 0.3 is 6.18 Å². The van der Waals surface area contributed by atoms with Crippen LogP contribution in [-0.4, -0.2) is 70.7 Å². The fraction of sp³-hybridized carbons (Fsp3) is 0.526. The number of carbonyl (C=O) groups excluding carboxylic acids is 1. The molecule has 1 aliphatic rings. The minimum atomic E-state index is -4.58. The molecule has 2 aromatic rings. The fourth-order valence-corrected chi connectivity index (χ4v) is 4.02. The molecule has 0 saturated carbocycles. The number of thioether (sulfide) groups is 1. The first-order valence-corrected chi connectivity index (χ1v) is 10.6. The number of hydrogen-bond donors (Lipinski definition) is 1.